The Kier molecular flexibility index (Phi) is 4.18. The molecular weight excluding hydrogens is 412 g/mol. The van der Waals surface area contributed by atoms with Crippen molar-refractivity contribution in [2.45, 2.75) is 0 Å². The number of aromatic nitrogens is 2. The van der Waals surface area contributed by atoms with Crippen LogP contribution in [0.5, 0.6) is 0 Å². The highest BCUT2D eigenvalue weighted by Gasteiger charge is 2.09. The molecule has 2 aromatic heterocycles. The lowest BCUT2D eigenvalue weighted by Gasteiger charge is -2.11. The molecule has 0 bridgehead atoms. The standard InChI is InChI=1S/C32H20N2/c1-5-25(29-7-3-17-33-31(29)9-1)23-13-15-27-21(19-23)11-12-22-20-24(14-16-28(22)27)26-6-2-10-32-30(26)8-4-18-34-32/h1-20H. The van der Waals surface area contributed by atoms with Crippen molar-refractivity contribution in [3.05, 3.63) is 122 Å². The second kappa shape index (κ2) is 7.50. The minimum atomic E-state index is 1.02. The second-order valence-corrected chi connectivity index (χ2v) is 8.69. The van der Waals surface area contributed by atoms with Crippen molar-refractivity contribution < 1.29 is 0 Å². The molecule has 2 heterocycles. The zero-order valence-electron chi connectivity index (χ0n) is 18.4. The van der Waals surface area contributed by atoms with Gasteiger partial charge in [-0.1, -0.05) is 72.8 Å². The highest BCUT2D eigenvalue weighted by molar-refractivity contribution is 6.10. The molecule has 5 aromatic carbocycles. The Morgan fingerprint density at radius 3 is 1.38 bits per heavy atom. The lowest BCUT2D eigenvalue weighted by Crippen LogP contribution is -1.86. The van der Waals surface area contributed by atoms with Crippen molar-refractivity contribution in [1.82, 2.24) is 9.97 Å². The zero-order chi connectivity index (χ0) is 22.5. The fourth-order valence-electron chi connectivity index (χ4n) is 5.12. The van der Waals surface area contributed by atoms with E-state index in [1.807, 2.05) is 24.5 Å². The highest BCUT2D eigenvalue weighted by atomic mass is 14.6. The predicted octanol–water partition coefficient (Wildman–Crippen LogP) is 8.42. The van der Waals surface area contributed by atoms with E-state index in [-0.39, 0.29) is 0 Å². The summed E-state index contributed by atoms with van der Waals surface area (Å²) in [5.74, 6) is 0. The molecule has 7 aromatic rings. The highest BCUT2D eigenvalue weighted by Crippen LogP contribution is 2.35. The molecule has 0 aliphatic heterocycles. The van der Waals surface area contributed by atoms with Crippen LogP contribution in [0.1, 0.15) is 0 Å². The van der Waals surface area contributed by atoms with E-state index in [2.05, 4.69) is 107 Å². The Morgan fingerprint density at radius 2 is 0.882 bits per heavy atom. The molecule has 0 atom stereocenters. The van der Waals surface area contributed by atoms with E-state index in [0.717, 1.165) is 11.0 Å². The maximum absolute atomic E-state index is 4.52. The molecule has 0 saturated carbocycles. The monoisotopic (exact) mass is 432 g/mol. The van der Waals surface area contributed by atoms with Gasteiger partial charge in [-0.3, -0.25) is 9.97 Å². The van der Waals surface area contributed by atoms with E-state index in [1.165, 1.54) is 54.6 Å². The van der Waals surface area contributed by atoms with Crippen LogP contribution in [0.25, 0.3) is 65.6 Å². The lowest BCUT2D eigenvalue weighted by molar-refractivity contribution is 1.41. The second-order valence-electron chi connectivity index (χ2n) is 8.69. The normalized spacial score (nSPS) is 11.5. The first-order valence-electron chi connectivity index (χ1n) is 11.5. The maximum atomic E-state index is 4.52. The zero-order valence-corrected chi connectivity index (χ0v) is 18.4. The summed E-state index contributed by atoms with van der Waals surface area (Å²) in [5.41, 5.74) is 6.90. The first-order valence-corrected chi connectivity index (χ1v) is 11.5. The Bertz CT molecular complexity index is 1720. The van der Waals surface area contributed by atoms with Gasteiger partial charge >= 0.3 is 0 Å². The molecule has 34 heavy (non-hydrogen) atoms. The Hall–Kier alpha value is -4.56. The van der Waals surface area contributed by atoms with Crippen LogP contribution in [-0.2, 0) is 0 Å². The minimum Gasteiger partial charge on any atom is -0.256 e. The quantitative estimate of drug-likeness (QED) is 0.256. The van der Waals surface area contributed by atoms with Gasteiger partial charge in [0.1, 0.15) is 0 Å². The van der Waals surface area contributed by atoms with E-state index in [4.69, 9.17) is 0 Å². The SMILES string of the molecule is c1cc(-c2ccc3c(ccc4cc(-c5cccc6ncccc56)ccc43)c2)c2cccnc2c1. The molecular formula is C32H20N2. The van der Waals surface area contributed by atoms with Crippen LogP contribution in [0.4, 0.5) is 0 Å². The van der Waals surface area contributed by atoms with Crippen LogP contribution < -0.4 is 0 Å². The van der Waals surface area contributed by atoms with Crippen LogP contribution in [0.3, 0.4) is 0 Å². The van der Waals surface area contributed by atoms with Gasteiger partial charge in [0.25, 0.3) is 0 Å². The molecule has 158 valence electrons. The van der Waals surface area contributed by atoms with Crippen LogP contribution in [0, 0.1) is 0 Å². The third kappa shape index (κ3) is 2.96. The van der Waals surface area contributed by atoms with E-state index < -0.39 is 0 Å². The maximum Gasteiger partial charge on any atom is 0.0708 e. The summed E-state index contributed by atoms with van der Waals surface area (Å²) in [6.45, 7) is 0. The summed E-state index contributed by atoms with van der Waals surface area (Å²) < 4.78 is 0. The fourth-order valence-corrected chi connectivity index (χ4v) is 5.12. The third-order valence-electron chi connectivity index (χ3n) is 6.75. The molecule has 2 heteroatoms. The summed E-state index contributed by atoms with van der Waals surface area (Å²) in [5, 5.41) is 7.39. The number of pyridine rings is 2. The van der Waals surface area contributed by atoms with Gasteiger partial charge in [0, 0.05) is 23.2 Å². The summed E-state index contributed by atoms with van der Waals surface area (Å²) in [6.07, 6.45) is 3.70. The Labute approximate surface area is 197 Å². The third-order valence-corrected chi connectivity index (χ3v) is 6.75. The molecule has 0 aliphatic rings. The number of hydrogen-bond acceptors (Lipinski definition) is 2. The van der Waals surface area contributed by atoms with Gasteiger partial charge in [0.2, 0.25) is 0 Å². The molecule has 0 N–H and O–H groups in total. The number of benzene rings is 5. The van der Waals surface area contributed by atoms with Gasteiger partial charge in [-0.2, -0.15) is 0 Å². The number of fused-ring (bicyclic) bond motifs is 5. The average Bonchev–Trinajstić information content (AvgIpc) is 2.91. The molecule has 0 spiro atoms. The smallest absolute Gasteiger partial charge is 0.0708 e. The number of hydrogen-bond donors (Lipinski definition) is 0. The van der Waals surface area contributed by atoms with Crippen molar-refractivity contribution in [2.75, 3.05) is 0 Å². The summed E-state index contributed by atoms with van der Waals surface area (Å²) in [7, 11) is 0. The van der Waals surface area contributed by atoms with Gasteiger partial charge < -0.3 is 0 Å². The topological polar surface area (TPSA) is 25.8 Å². The molecule has 0 aliphatic carbocycles. The first kappa shape index (κ1) is 19.0. The minimum absolute atomic E-state index is 1.02. The van der Waals surface area contributed by atoms with Crippen molar-refractivity contribution >= 4 is 43.4 Å². The van der Waals surface area contributed by atoms with Gasteiger partial charge in [0.05, 0.1) is 11.0 Å². The Morgan fingerprint density at radius 1 is 0.382 bits per heavy atom. The van der Waals surface area contributed by atoms with Gasteiger partial charge in [-0.25, -0.2) is 0 Å². The van der Waals surface area contributed by atoms with Crippen LogP contribution in [0.15, 0.2) is 122 Å². The number of rotatable bonds is 2. The number of nitrogens with zero attached hydrogens (tertiary/aromatic N) is 2. The molecule has 0 radical (unpaired) electrons. The van der Waals surface area contributed by atoms with Crippen molar-refractivity contribution in [1.29, 1.82) is 0 Å². The Balaban J connectivity index is 1.38. The van der Waals surface area contributed by atoms with Crippen LogP contribution in [-0.4, -0.2) is 9.97 Å². The van der Waals surface area contributed by atoms with E-state index in [0.29, 0.717) is 0 Å². The summed E-state index contributed by atoms with van der Waals surface area (Å²) >= 11 is 0. The largest absolute Gasteiger partial charge is 0.256 e. The summed E-state index contributed by atoms with van der Waals surface area (Å²) in [6, 6.07) is 39.0. The predicted molar refractivity (Wildman–Crippen MR) is 143 cm³/mol. The van der Waals surface area contributed by atoms with E-state index in [9.17, 15) is 0 Å². The molecule has 0 saturated heterocycles. The lowest BCUT2D eigenvalue weighted by atomic mass is 9.93. The van der Waals surface area contributed by atoms with Crippen molar-refractivity contribution in [3.63, 3.8) is 0 Å². The average molecular weight is 433 g/mol. The molecule has 0 amide bonds. The van der Waals surface area contributed by atoms with Crippen LogP contribution in [0.2, 0.25) is 0 Å². The molecule has 0 unspecified atom stereocenters. The van der Waals surface area contributed by atoms with E-state index >= 15 is 0 Å². The molecule has 2 nitrogen and oxygen atoms in total. The van der Waals surface area contributed by atoms with E-state index in [1.54, 1.807) is 0 Å². The fraction of sp³-hybridized carbons (Fsp3) is 0. The first-order chi connectivity index (χ1) is 16.8. The van der Waals surface area contributed by atoms with Gasteiger partial charge in [-0.05, 0) is 80.2 Å². The van der Waals surface area contributed by atoms with Crippen molar-refractivity contribution in [2.24, 2.45) is 0 Å². The van der Waals surface area contributed by atoms with Gasteiger partial charge in [0.15, 0.2) is 0 Å². The summed E-state index contributed by atoms with van der Waals surface area (Å²) in [4.78, 5) is 9.04. The van der Waals surface area contributed by atoms with Crippen LogP contribution >= 0.6 is 0 Å². The molecule has 0 fully saturated rings. The molecule has 7 rings (SSSR count). The van der Waals surface area contributed by atoms with Crippen molar-refractivity contribution in [3.8, 4) is 22.3 Å². The van der Waals surface area contributed by atoms with Gasteiger partial charge in [-0.15, -0.1) is 0 Å².